The van der Waals surface area contributed by atoms with Gasteiger partial charge in [0.15, 0.2) is 0 Å². The van der Waals surface area contributed by atoms with E-state index in [9.17, 15) is 14.5 Å². The second kappa shape index (κ2) is 7.17. The maximum atomic E-state index is 14.2. The van der Waals surface area contributed by atoms with Gasteiger partial charge in [-0.3, -0.25) is 10.1 Å². The summed E-state index contributed by atoms with van der Waals surface area (Å²) in [5.74, 6) is -1.00. The first-order valence-electron chi connectivity index (χ1n) is 6.21. The van der Waals surface area contributed by atoms with Crippen LogP contribution in [0, 0.1) is 27.3 Å². The van der Waals surface area contributed by atoms with Crippen LogP contribution >= 0.6 is 23.2 Å². The van der Waals surface area contributed by atoms with Crippen LogP contribution in [0.4, 0.5) is 21.6 Å². The van der Waals surface area contributed by atoms with E-state index in [1.54, 1.807) is 0 Å². The third kappa shape index (κ3) is 4.03. The minimum atomic E-state index is -0.730. The fourth-order valence-corrected chi connectivity index (χ4v) is 2.20. The number of nitrogens with one attached hydrogen (secondary N) is 1. The lowest BCUT2D eigenvalue weighted by molar-refractivity contribution is -0.384. The number of hydrogen-bond donors (Lipinski definition) is 1. The Hall–Kier alpha value is -2.50. The summed E-state index contributed by atoms with van der Waals surface area (Å²) in [6.45, 7) is 0. The highest BCUT2D eigenvalue weighted by molar-refractivity contribution is 6.33. The number of aryl methyl sites for hydroxylation is 1. The van der Waals surface area contributed by atoms with E-state index in [4.69, 9.17) is 28.5 Å². The van der Waals surface area contributed by atoms with Gasteiger partial charge >= 0.3 is 5.69 Å². The highest BCUT2D eigenvalue weighted by Crippen LogP contribution is 2.33. The number of nitriles is 1. The molecule has 1 aromatic heterocycles. The fraction of sp³-hybridized carbons (Fsp3) is 0.154. The molecule has 1 N–H and O–H groups in total. The first-order valence-corrected chi connectivity index (χ1v) is 6.96. The van der Waals surface area contributed by atoms with Gasteiger partial charge in [0.25, 0.3) is 0 Å². The Bertz CT molecular complexity index is 786. The molecule has 0 saturated carbocycles. The number of nitrogens with zero attached hydrogens (tertiary/aromatic N) is 4. The Morgan fingerprint density at radius 2 is 2.17 bits per heavy atom. The van der Waals surface area contributed by atoms with Gasteiger partial charge in [-0.1, -0.05) is 11.6 Å². The van der Waals surface area contributed by atoms with E-state index in [0.717, 1.165) is 6.20 Å². The van der Waals surface area contributed by atoms with E-state index in [-0.39, 0.29) is 28.2 Å². The van der Waals surface area contributed by atoms with Crippen molar-refractivity contribution in [1.82, 2.24) is 9.97 Å². The molecule has 2 aromatic rings. The zero-order valence-corrected chi connectivity index (χ0v) is 12.9. The van der Waals surface area contributed by atoms with Crippen molar-refractivity contribution in [1.29, 1.82) is 5.26 Å². The SMILES string of the molecule is N#CCCc1cc(F)c(Nc2nc(Cl)ncc2[N+](=O)[O-])c(Cl)c1. The van der Waals surface area contributed by atoms with E-state index >= 15 is 0 Å². The first kappa shape index (κ1) is 16.9. The van der Waals surface area contributed by atoms with Gasteiger partial charge in [-0.05, 0) is 35.7 Å². The maximum Gasteiger partial charge on any atom is 0.329 e. The maximum absolute atomic E-state index is 14.2. The van der Waals surface area contributed by atoms with E-state index in [1.807, 2.05) is 6.07 Å². The van der Waals surface area contributed by atoms with Crippen LogP contribution in [0.15, 0.2) is 18.3 Å². The topological polar surface area (TPSA) is 105 Å². The van der Waals surface area contributed by atoms with Crippen LogP contribution in [0.25, 0.3) is 0 Å². The molecule has 0 bridgehead atoms. The van der Waals surface area contributed by atoms with Crippen molar-refractivity contribution in [2.45, 2.75) is 12.8 Å². The molecular weight excluding hydrogens is 348 g/mol. The predicted octanol–water partition coefficient (Wildman–Crippen LogP) is 4.03. The van der Waals surface area contributed by atoms with Gasteiger partial charge in [-0.15, -0.1) is 0 Å². The summed E-state index contributed by atoms with van der Waals surface area (Å²) in [5.41, 5.74) is -0.113. The molecule has 0 spiro atoms. The number of halogens is 3. The summed E-state index contributed by atoms with van der Waals surface area (Å²) in [4.78, 5) is 17.4. The van der Waals surface area contributed by atoms with Crippen molar-refractivity contribution in [3.63, 3.8) is 0 Å². The van der Waals surface area contributed by atoms with Crippen LogP contribution < -0.4 is 5.32 Å². The third-order valence-corrected chi connectivity index (χ3v) is 3.29. The van der Waals surface area contributed by atoms with Crippen molar-refractivity contribution < 1.29 is 9.31 Å². The molecule has 1 heterocycles. The lowest BCUT2D eigenvalue weighted by atomic mass is 10.1. The second-order valence-electron chi connectivity index (χ2n) is 4.35. The molecule has 23 heavy (non-hydrogen) atoms. The van der Waals surface area contributed by atoms with E-state index in [2.05, 4.69) is 15.3 Å². The van der Waals surface area contributed by atoms with Crippen molar-refractivity contribution in [3.8, 4) is 6.07 Å². The van der Waals surface area contributed by atoms with Crippen LogP contribution in [0.1, 0.15) is 12.0 Å². The highest BCUT2D eigenvalue weighted by Gasteiger charge is 2.20. The average Bonchev–Trinajstić information content (AvgIpc) is 2.48. The van der Waals surface area contributed by atoms with Crippen LogP contribution in [0.5, 0.6) is 0 Å². The van der Waals surface area contributed by atoms with Crippen LogP contribution in [-0.4, -0.2) is 14.9 Å². The molecule has 0 aliphatic rings. The summed E-state index contributed by atoms with van der Waals surface area (Å²) in [5, 5.41) is 21.7. The van der Waals surface area contributed by atoms with Gasteiger partial charge in [0.1, 0.15) is 12.0 Å². The molecule has 0 radical (unpaired) electrons. The monoisotopic (exact) mass is 355 g/mol. The zero-order chi connectivity index (χ0) is 17.0. The summed E-state index contributed by atoms with van der Waals surface area (Å²) in [6, 6.07) is 4.61. The Kier molecular flexibility index (Phi) is 5.26. The second-order valence-corrected chi connectivity index (χ2v) is 5.09. The number of nitro groups is 1. The molecule has 0 unspecified atom stereocenters. The van der Waals surface area contributed by atoms with Crippen molar-refractivity contribution in [2.24, 2.45) is 0 Å². The molecule has 1 aromatic carbocycles. The van der Waals surface area contributed by atoms with E-state index in [1.165, 1.54) is 12.1 Å². The van der Waals surface area contributed by atoms with Gasteiger partial charge in [-0.2, -0.15) is 10.2 Å². The largest absolute Gasteiger partial charge is 0.331 e. The molecular formula is C13H8Cl2FN5O2. The number of rotatable bonds is 5. The number of hydrogen-bond acceptors (Lipinski definition) is 6. The van der Waals surface area contributed by atoms with Crippen LogP contribution in [-0.2, 0) is 6.42 Å². The van der Waals surface area contributed by atoms with E-state index < -0.39 is 16.4 Å². The molecule has 118 valence electrons. The summed E-state index contributed by atoms with van der Waals surface area (Å²) in [7, 11) is 0. The predicted molar refractivity (Wildman–Crippen MR) is 82.3 cm³/mol. The van der Waals surface area contributed by atoms with Crippen molar-refractivity contribution in [3.05, 3.63) is 50.1 Å². The molecule has 10 heteroatoms. The average molecular weight is 356 g/mol. The Morgan fingerprint density at radius 1 is 1.43 bits per heavy atom. The summed E-state index contributed by atoms with van der Waals surface area (Å²) < 4.78 is 14.2. The van der Waals surface area contributed by atoms with Crippen LogP contribution in [0.3, 0.4) is 0 Å². The summed E-state index contributed by atoms with van der Waals surface area (Å²) >= 11 is 11.6. The Balaban J connectivity index is 2.40. The van der Waals surface area contributed by atoms with Gasteiger partial charge in [-0.25, -0.2) is 9.37 Å². The Labute approximate surface area is 139 Å². The minimum absolute atomic E-state index is 0.00183. The van der Waals surface area contributed by atoms with Gasteiger partial charge in [0, 0.05) is 6.42 Å². The van der Waals surface area contributed by atoms with Crippen molar-refractivity contribution in [2.75, 3.05) is 5.32 Å². The highest BCUT2D eigenvalue weighted by atomic mass is 35.5. The summed E-state index contributed by atoms with van der Waals surface area (Å²) in [6.07, 6.45) is 1.47. The third-order valence-electron chi connectivity index (χ3n) is 2.81. The normalized spacial score (nSPS) is 10.2. The van der Waals surface area contributed by atoms with Gasteiger partial charge in [0.05, 0.1) is 21.7 Å². The van der Waals surface area contributed by atoms with Crippen molar-refractivity contribution >= 4 is 40.4 Å². The molecule has 0 amide bonds. The number of benzene rings is 1. The zero-order valence-electron chi connectivity index (χ0n) is 11.4. The molecule has 0 fully saturated rings. The van der Waals surface area contributed by atoms with Crippen LogP contribution in [0.2, 0.25) is 10.3 Å². The smallest absolute Gasteiger partial charge is 0.329 e. The molecule has 7 nitrogen and oxygen atoms in total. The number of anilines is 2. The molecule has 0 aliphatic carbocycles. The molecule has 2 rings (SSSR count). The molecule has 0 aliphatic heterocycles. The molecule has 0 saturated heterocycles. The number of aromatic nitrogens is 2. The fourth-order valence-electron chi connectivity index (χ4n) is 1.79. The lowest BCUT2D eigenvalue weighted by Crippen LogP contribution is -2.03. The van der Waals surface area contributed by atoms with Gasteiger partial charge < -0.3 is 5.32 Å². The molecule has 0 atom stereocenters. The first-order chi connectivity index (χ1) is 10.9. The quantitative estimate of drug-likeness (QED) is 0.493. The minimum Gasteiger partial charge on any atom is -0.331 e. The lowest BCUT2D eigenvalue weighted by Gasteiger charge is -2.11. The van der Waals surface area contributed by atoms with E-state index in [0.29, 0.717) is 12.0 Å². The standard InChI is InChI=1S/C13H8Cl2FN5O2/c14-8-4-7(2-1-3-17)5-9(16)11(8)19-12-10(21(22)23)6-18-13(15)20-12/h4-6H,1-2H2,(H,18,19,20). The Morgan fingerprint density at radius 3 is 2.78 bits per heavy atom. The van der Waals surface area contributed by atoms with Gasteiger partial charge in [0.2, 0.25) is 11.1 Å².